The summed E-state index contributed by atoms with van der Waals surface area (Å²) in [4.78, 5) is 0. The summed E-state index contributed by atoms with van der Waals surface area (Å²) in [7, 11) is 1.66. The maximum absolute atomic E-state index is 5.30. The van der Waals surface area contributed by atoms with E-state index in [0.29, 0.717) is 5.76 Å². The summed E-state index contributed by atoms with van der Waals surface area (Å²) in [6.07, 6.45) is 0. The molecule has 88 valence electrons. The Morgan fingerprint density at radius 2 is 1.50 bits per heavy atom. The molecule has 0 N–H and O–H groups in total. The van der Waals surface area contributed by atoms with Crippen molar-refractivity contribution in [2.75, 3.05) is 7.11 Å². The zero-order valence-electron chi connectivity index (χ0n) is 10.3. The second-order valence-electron chi connectivity index (χ2n) is 4.32. The van der Waals surface area contributed by atoms with E-state index in [4.69, 9.17) is 4.74 Å². The quantitative estimate of drug-likeness (QED) is 0.464. The van der Waals surface area contributed by atoms with Gasteiger partial charge in [0.25, 0.3) is 0 Å². The van der Waals surface area contributed by atoms with Crippen LogP contribution >= 0.6 is 0 Å². The second-order valence-corrected chi connectivity index (χ2v) is 4.32. The Balaban J connectivity index is 2.50. The van der Waals surface area contributed by atoms with E-state index in [9.17, 15) is 0 Å². The lowest BCUT2D eigenvalue weighted by Crippen LogP contribution is -1.89. The van der Waals surface area contributed by atoms with Crippen LogP contribution in [0.4, 0.5) is 0 Å². The number of hydrogen-bond donors (Lipinski definition) is 0. The molecule has 3 aromatic carbocycles. The second kappa shape index (κ2) is 4.19. The summed E-state index contributed by atoms with van der Waals surface area (Å²) < 4.78 is 5.30. The van der Waals surface area contributed by atoms with Gasteiger partial charge in [0, 0.05) is 5.56 Å². The summed E-state index contributed by atoms with van der Waals surface area (Å²) in [5.74, 6) is 0.706. The molecule has 3 rings (SSSR count). The first-order chi connectivity index (χ1) is 8.81. The van der Waals surface area contributed by atoms with Gasteiger partial charge >= 0.3 is 0 Å². The van der Waals surface area contributed by atoms with Crippen molar-refractivity contribution >= 4 is 27.3 Å². The molecule has 0 amide bonds. The molecule has 0 aliphatic rings. The van der Waals surface area contributed by atoms with Crippen molar-refractivity contribution in [2.45, 2.75) is 0 Å². The molecule has 3 aromatic rings. The fourth-order valence-corrected chi connectivity index (χ4v) is 2.39. The van der Waals surface area contributed by atoms with Crippen molar-refractivity contribution in [3.05, 3.63) is 66.7 Å². The van der Waals surface area contributed by atoms with Gasteiger partial charge in [0.05, 0.1) is 7.11 Å². The van der Waals surface area contributed by atoms with Crippen LogP contribution in [0.1, 0.15) is 5.56 Å². The maximum atomic E-state index is 5.30. The van der Waals surface area contributed by atoms with Crippen LogP contribution in [0.5, 0.6) is 0 Å². The fourth-order valence-electron chi connectivity index (χ4n) is 2.39. The monoisotopic (exact) mass is 234 g/mol. The Labute approximate surface area is 106 Å². The zero-order valence-corrected chi connectivity index (χ0v) is 10.3. The molecule has 0 aromatic heterocycles. The van der Waals surface area contributed by atoms with Gasteiger partial charge in [0.1, 0.15) is 5.76 Å². The van der Waals surface area contributed by atoms with E-state index < -0.39 is 0 Å². The predicted octanol–water partition coefficient (Wildman–Crippen LogP) is 4.61. The van der Waals surface area contributed by atoms with Crippen molar-refractivity contribution in [1.29, 1.82) is 0 Å². The molecule has 0 spiro atoms. The first-order valence-corrected chi connectivity index (χ1v) is 5.95. The van der Waals surface area contributed by atoms with Gasteiger partial charge in [0.15, 0.2) is 0 Å². The van der Waals surface area contributed by atoms with Crippen molar-refractivity contribution in [2.24, 2.45) is 0 Å². The fraction of sp³-hybridized carbons (Fsp3) is 0.0588. The van der Waals surface area contributed by atoms with Gasteiger partial charge in [-0.3, -0.25) is 0 Å². The van der Waals surface area contributed by atoms with Crippen LogP contribution in [0.2, 0.25) is 0 Å². The molecule has 0 heterocycles. The summed E-state index contributed by atoms with van der Waals surface area (Å²) in [5, 5.41) is 4.90. The molecule has 0 radical (unpaired) electrons. The van der Waals surface area contributed by atoms with E-state index >= 15 is 0 Å². The molecule has 0 bridgehead atoms. The van der Waals surface area contributed by atoms with Crippen molar-refractivity contribution in [1.82, 2.24) is 0 Å². The number of hydrogen-bond acceptors (Lipinski definition) is 1. The molecule has 0 aliphatic carbocycles. The highest BCUT2D eigenvalue weighted by atomic mass is 16.5. The third kappa shape index (κ3) is 1.56. The van der Waals surface area contributed by atoms with Crippen LogP contribution in [0.15, 0.2) is 61.2 Å². The average Bonchev–Trinajstić information content (AvgIpc) is 2.45. The molecule has 0 saturated heterocycles. The molecule has 0 aliphatic heterocycles. The third-order valence-electron chi connectivity index (χ3n) is 3.31. The van der Waals surface area contributed by atoms with Crippen LogP contribution in [-0.4, -0.2) is 7.11 Å². The lowest BCUT2D eigenvalue weighted by atomic mass is 9.96. The van der Waals surface area contributed by atoms with Gasteiger partial charge in [-0.05, 0) is 27.6 Å². The first kappa shape index (κ1) is 10.8. The van der Waals surface area contributed by atoms with Crippen LogP contribution < -0.4 is 0 Å². The Morgan fingerprint density at radius 1 is 0.889 bits per heavy atom. The van der Waals surface area contributed by atoms with Crippen molar-refractivity contribution in [3.63, 3.8) is 0 Å². The molecule has 1 nitrogen and oxygen atoms in total. The largest absolute Gasteiger partial charge is 0.497 e. The number of methoxy groups -OCH3 is 1. The van der Waals surface area contributed by atoms with Gasteiger partial charge < -0.3 is 4.74 Å². The minimum absolute atomic E-state index is 0.706. The molecule has 0 saturated carbocycles. The van der Waals surface area contributed by atoms with Crippen LogP contribution in [-0.2, 0) is 4.74 Å². The highest BCUT2D eigenvalue weighted by Gasteiger charge is 2.08. The lowest BCUT2D eigenvalue weighted by Gasteiger charge is -2.11. The first-order valence-electron chi connectivity index (χ1n) is 5.95. The highest BCUT2D eigenvalue weighted by Crippen LogP contribution is 2.31. The van der Waals surface area contributed by atoms with Gasteiger partial charge in [-0.2, -0.15) is 0 Å². The Kier molecular flexibility index (Phi) is 2.52. The standard InChI is InChI=1S/C17H14O/c1-12(18-2)17-11-13-7-3-4-8-14(13)15-9-5-6-10-16(15)17/h3-11H,1H2,2H3. The summed E-state index contributed by atoms with van der Waals surface area (Å²) in [6, 6.07) is 18.9. The van der Waals surface area contributed by atoms with Crippen molar-refractivity contribution < 1.29 is 4.74 Å². The minimum atomic E-state index is 0.706. The minimum Gasteiger partial charge on any atom is -0.497 e. The average molecular weight is 234 g/mol. The van der Waals surface area contributed by atoms with Crippen molar-refractivity contribution in [3.8, 4) is 0 Å². The molecule has 0 unspecified atom stereocenters. The van der Waals surface area contributed by atoms with Crippen LogP contribution in [0.3, 0.4) is 0 Å². The van der Waals surface area contributed by atoms with E-state index in [-0.39, 0.29) is 0 Å². The maximum Gasteiger partial charge on any atom is 0.119 e. The van der Waals surface area contributed by atoms with Gasteiger partial charge in [-0.25, -0.2) is 0 Å². The SMILES string of the molecule is C=C(OC)c1cc2ccccc2c2ccccc12. The lowest BCUT2D eigenvalue weighted by molar-refractivity contribution is 0.372. The van der Waals surface area contributed by atoms with E-state index in [1.807, 2.05) is 6.07 Å². The van der Waals surface area contributed by atoms with E-state index in [1.54, 1.807) is 7.11 Å². The highest BCUT2D eigenvalue weighted by molar-refractivity contribution is 6.11. The zero-order chi connectivity index (χ0) is 12.5. The van der Waals surface area contributed by atoms with Gasteiger partial charge in [-0.15, -0.1) is 0 Å². The Hall–Kier alpha value is -2.28. The summed E-state index contributed by atoms with van der Waals surface area (Å²) >= 11 is 0. The number of rotatable bonds is 2. The van der Waals surface area contributed by atoms with E-state index in [2.05, 4.69) is 55.1 Å². The number of fused-ring (bicyclic) bond motifs is 3. The van der Waals surface area contributed by atoms with Gasteiger partial charge in [-0.1, -0.05) is 55.1 Å². The third-order valence-corrected chi connectivity index (χ3v) is 3.31. The molecular formula is C17H14O. The molecular weight excluding hydrogens is 220 g/mol. The topological polar surface area (TPSA) is 9.23 Å². The van der Waals surface area contributed by atoms with E-state index in [0.717, 1.165) is 5.56 Å². The predicted molar refractivity (Wildman–Crippen MR) is 77.5 cm³/mol. The van der Waals surface area contributed by atoms with Crippen LogP contribution in [0, 0.1) is 0 Å². The Morgan fingerprint density at radius 3 is 2.22 bits per heavy atom. The normalized spacial score (nSPS) is 10.7. The molecule has 18 heavy (non-hydrogen) atoms. The van der Waals surface area contributed by atoms with Crippen LogP contribution in [0.25, 0.3) is 27.3 Å². The molecule has 0 atom stereocenters. The Bertz CT molecular complexity index is 741. The number of ether oxygens (including phenoxy) is 1. The molecule has 0 fully saturated rings. The summed E-state index contributed by atoms with van der Waals surface area (Å²) in [5.41, 5.74) is 1.06. The van der Waals surface area contributed by atoms with Gasteiger partial charge in [0.2, 0.25) is 0 Å². The number of benzene rings is 3. The van der Waals surface area contributed by atoms with E-state index in [1.165, 1.54) is 21.5 Å². The smallest absolute Gasteiger partial charge is 0.119 e. The molecule has 1 heteroatoms. The summed E-state index contributed by atoms with van der Waals surface area (Å²) in [6.45, 7) is 3.98.